The molecular formula is C20H16ClNO3. The molecule has 4 nitrogen and oxygen atoms in total. The maximum absolute atomic E-state index is 12.7. The monoisotopic (exact) mass is 353 g/mol. The number of aliphatic carboxylic acids is 1. The first-order valence-electron chi connectivity index (χ1n) is 7.74. The van der Waals surface area contributed by atoms with Crippen LogP contribution in [0.25, 0.3) is 11.8 Å². The molecule has 126 valence electrons. The Kier molecular flexibility index (Phi) is 4.72. The number of carbonyl (C=O) groups excluding carboxylic acids is 1. The second-order valence-corrected chi connectivity index (χ2v) is 6.20. The molecule has 0 aliphatic carbocycles. The molecule has 1 N–H and O–H groups in total. The van der Waals surface area contributed by atoms with Crippen LogP contribution in [0.4, 0.5) is 0 Å². The summed E-state index contributed by atoms with van der Waals surface area (Å²) in [6, 6.07) is 14.9. The summed E-state index contributed by atoms with van der Waals surface area (Å²) in [5, 5.41) is 9.74. The van der Waals surface area contributed by atoms with Crippen LogP contribution >= 0.6 is 11.6 Å². The minimum atomic E-state index is -1.07. The van der Waals surface area contributed by atoms with E-state index < -0.39 is 12.5 Å². The van der Waals surface area contributed by atoms with E-state index in [0.717, 1.165) is 11.1 Å². The number of rotatable bonds is 4. The summed E-state index contributed by atoms with van der Waals surface area (Å²) in [6.07, 6.45) is 3.46. The van der Waals surface area contributed by atoms with E-state index in [9.17, 15) is 9.59 Å². The first-order chi connectivity index (χ1) is 12.0. The van der Waals surface area contributed by atoms with Crippen molar-refractivity contribution in [1.82, 2.24) is 4.90 Å². The molecule has 0 spiro atoms. The number of nitrogens with zero attached hydrogens (tertiary/aromatic N) is 1. The molecule has 25 heavy (non-hydrogen) atoms. The predicted molar refractivity (Wildman–Crippen MR) is 97.9 cm³/mol. The molecule has 0 aromatic heterocycles. The molecule has 0 fully saturated rings. The lowest BCUT2D eigenvalue weighted by Gasteiger charge is -2.18. The van der Waals surface area contributed by atoms with Crippen LogP contribution < -0.4 is 0 Å². The fourth-order valence-electron chi connectivity index (χ4n) is 2.67. The number of benzene rings is 2. The first-order valence-corrected chi connectivity index (χ1v) is 8.12. The standard InChI is InChI=1S/C20H16ClNO3/c1-13-7-8-15(10-17(13)21)18-11-16(9-14-5-3-2-4-6-14)20(25)22(18)12-19(23)24/h2-11H,12H2,1H3,(H,23,24)/b16-9+. The minimum absolute atomic E-state index is 0.335. The van der Waals surface area contributed by atoms with Crippen molar-refractivity contribution in [3.63, 3.8) is 0 Å². The molecule has 3 rings (SSSR count). The van der Waals surface area contributed by atoms with Crippen LogP contribution in [0.3, 0.4) is 0 Å². The lowest BCUT2D eigenvalue weighted by atomic mass is 10.1. The zero-order valence-corrected chi connectivity index (χ0v) is 14.3. The van der Waals surface area contributed by atoms with Crippen molar-refractivity contribution < 1.29 is 14.7 Å². The van der Waals surface area contributed by atoms with Crippen molar-refractivity contribution in [3.05, 3.63) is 81.9 Å². The van der Waals surface area contributed by atoms with Gasteiger partial charge in [-0.25, -0.2) is 0 Å². The van der Waals surface area contributed by atoms with Crippen molar-refractivity contribution in [1.29, 1.82) is 0 Å². The van der Waals surface area contributed by atoms with E-state index in [2.05, 4.69) is 0 Å². The van der Waals surface area contributed by atoms with E-state index in [-0.39, 0.29) is 5.91 Å². The maximum Gasteiger partial charge on any atom is 0.323 e. The molecule has 2 aromatic rings. The van der Waals surface area contributed by atoms with Crippen LogP contribution in [0.5, 0.6) is 0 Å². The third-order valence-corrected chi connectivity index (χ3v) is 4.37. The van der Waals surface area contributed by atoms with Crippen molar-refractivity contribution in [2.45, 2.75) is 6.92 Å². The van der Waals surface area contributed by atoms with Gasteiger partial charge in [0, 0.05) is 10.6 Å². The summed E-state index contributed by atoms with van der Waals surface area (Å²) >= 11 is 6.19. The Morgan fingerprint density at radius 1 is 1.20 bits per heavy atom. The average molecular weight is 354 g/mol. The van der Waals surface area contributed by atoms with Gasteiger partial charge in [0.05, 0.1) is 5.70 Å². The van der Waals surface area contributed by atoms with Gasteiger partial charge < -0.3 is 5.11 Å². The molecular weight excluding hydrogens is 338 g/mol. The molecule has 1 aliphatic heterocycles. The molecule has 0 atom stereocenters. The lowest BCUT2D eigenvalue weighted by molar-refractivity contribution is -0.140. The Balaban J connectivity index is 2.06. The zero-order chi connectivity index (χ0) is 18.0. The maximum atomic E-state index is 12.7. The van der Waals surface area contributed by atoms with Gasteiger partial charge in [0.1, 0.15) is 6.54 Å². The highest BCUT2D eigenvalue weighted by Gasteiger charge is 2.30. The van der Waals surface area contributed by atoms with Crippen LogP contribution in [0, 0.1) is 6.92 Å². The van der Waals surface area contributed by atoms with Gasteiger partial charge in [0.2, 0.25) is 0 Å². The van der Waals surface area contributed by atoms with E-state index in [1.54, 1.807) is 18.2 Å². The van der Waals surface area contributed by atoms with Crippen LogP contribution in [-0.4, -0.2) is 28.4 Å². The fraction of sp³-hybridized carbons (Fsp3) is 0.100. The third kappa shape index (κ3) is 3.64. The van der Waals surface area contributed by atoms with Crippen molar-refractivity contribution in [2.75, 3.05) is 6.54 Å². The summed E-state index contributed by atoms with van der Waals surface area (Å²) in [5.41, 5.74) is 3.48. The quantitative estimate of drug-likeness (QED) is 0.845. The van der Waals surface area contributed by atoms with Crippen LogP contribution in [0.2, 0.25) is 5.02 Å². The van der Waals surface area contributed by atoms with Gasteiger partial charge in [-0.2, -0.15) is 0 Å². The summed E-state index contributed by atoms with van der Waals surface area (Å²) in [5.74, 6) is -1.41. The molecule has 1 amide bonds. The number of hydrogen-bond acceptors (Lipinski definition) is 2. The van der Waals surface area contributed by atoms with Crippen molar-refractivity contribution in [2.24, 2.45) is 0 Å². The molecule has 1 heterocycles. The Hall–Kier alpha value is -2.85. The number of carbonyl (C=O) groups is 2. The van der Waals surface area contributed by atoms with Gasteiger partial charge in [-0.1, -0.05) is 54.1 Å². The molecule has 2 aromatic carbocycles. The predicted octanol–water partition coefficient (Wildman–Crippen LogP) is 4.00. The Morgan fingerprint density at radius 2 is 1.92 bits per heavy atom. The highest BCUT2D eigenvalue weighted by Crippen LogP contribution is 2.32. The summed E-state index contributed by atoms with van der Waals surface area (Å²) in [6.45, 7) is 1.48. The van der Waals surface area contributed by atoms with Crippen LogP contribution in [0.1, 0.15) is 16.7 Å². The van der Waals surface area contributed by atoms with E-state index in [4.69, 9.17) is 16.7 Å². The second kappa shape index (κ2) is 6.95. The third-order valence-electron chi connectivity index (χ3n) is 3.96. The number of carboxylic acids is 1. The number of hydrogen-bond donors (Lipinski definition) is 1. The SMILES string of the molecule is Cc1ccc(C2=C/C(=C\c3ccccc3)C(=O)N2CC(=O)O)cc1Cl. The summed E-state index contributed by atoms with van der Waals surface area (Å²) in [7, 11) is 0. The smallest absolute Gasteiger partial charge is 0.323 e. The van der Waals surface area contributed by atoms with Gasteiger partial charge in [0.15, 0.2) is 0 Å². The molecule has 5 heteroatoms. The Labute approximate surface area is 150 Å². The number of carboxylic acid groups (broad SMARTS) is 1. The van der Waals surface area contributed by atoms with E-state index in [0.29, 0.717) is 21.9 Å². The lowest BCUT2D eigenvalue weighted by Crippen LogP contribution is -2.31. The summed E-state index contributed by atoms with van der Waals surface area (Å²) in [4.78, 5) is 25.1. The van der Waals surface area contributed by atoms with Gasteiger partial charge >= 0.3 is 5.97 Å². The Bertz CT molecular complexity index is 900. The highest BCUT2D eigenvalue weighted by atomic mass is 35.5. The highest BCUT2D eigenvalue weighted by molar-refractivity contribution is 6.31. The molecule has 0 saturated carbocycles. The number of halogens is 1. The molecule has 1 aliphatic rings. The molecule has 0 bridgehead atoms. The average Bonchev–Trinajstić information content (AvgIpc) is 2.87. The number of aryl methyl sites for hydroxylation is 1. The number of amides is 1. The first kappa shape index (κ1) is 17.0. The minimum Gasteiger partial charge on any atom is -0.480 e. The van der Waals surface area contributed by atoms with Gasteiger partial charge in [-0.3, -0.25) is 14.5 Å². The molecule has 0 unspecified atom stereocenters. The van der Waals surface area contributed by atoms with Gasteiger partial charge in [-0.15, -0.1) is 0 Å². The Morgan fingerprint density at radius 3 is 2.56 bits per heavy atom. The van der Waals surface area contributed by atoms with Crippen LogP contribution in [-0.2, 0) is 9.59 Å². The van der Waals surface area contributed by atoms with E-state index in [1.807, 2.05) is 49.4 Å². The van der Waals surface area contributed by atoms with E-state index in [1.165, 1.54) is 4.90 Å². The van der Waals surface area contributed by atoms with Crippen molar-refractivity contribution in [3.8, 4) is 0 Å². The van der Waals surface area contributed by atoms with Gasteiger partial charge in [0.25, 0.3) is 5.91 Å². The fourth-order valence-corrected chi connectivity index (χ4v) is 2.85. The molecule has 0 radical (unpaired) electrons. The zero-order valence-electron chi connectivity index (χ0n) is 13.6. The molecule has 0 saturated heterocycles. The normalized spacial score (nSPS) is 15.6. The largest absolute Gasteiger partial charge is 0.480 e. The van der Waals surface area contributed by atoms with Crippen molar-refractivity contribution >= 4 is 35.3 Å². The second-order valence-electron chi connectivity index (χ2n) is 5.79. The van der Waals surface area contributed by atoms with Gasteiger partial charge in [-0.05, 0) is 41.8 Å². The summed E-state index contributed by atoms with van der Waals surface area (Å²) < 4.78 is 0. The topological polar surface area (TPSA) is 57.6 Å². The van der Waals surface area contributed by atoms with E-state index >= 15 is 0 Å². The van der Waals surface area contributed by atoms with Crippen LogP contribution in [0.15, 0.2) is 60.2 Å².